The smallest absolute Gasteiger partial charge is 0.163 e. The van der Waals surface area contributed by atoms with Crippen molar-refractivity contribution in [2.75, 3.05) is 6.61 Å². The van der Waals surface area contributed by atoms with E-state index >= 15 is 0 Å². The van der Waals surface area contributed by atoms with Crippen molar-refractivity contribution in [2.45, 2.75) is 13.8 Å². The Morgan fingerprint density at radius 2 is 2.25 bits per heavy atom. The van der Waals surface area contributed by atoms with Gasteiger partial charge in [-0.15, -0.1) is 0 Å². The molecule has 0 atom stereocenters. The molecule has 2 aromatic rings. The van der Waals surface area contributed by atoms with Gasteiger partial charge in [-0.1, -0.05) is 11.6 Å². The first kappa shape index (κ1) is 11.0. The van der Waals surface area contributed by atoms with Crippen LogP contribution in [-0.2, 0) is 0 Å². The highest BCUT2D eigenvalue weighted by Crippen LogP contribution is 2.29. The number of fused-ring (bicyclic) bond motifs is 1. The molecule has 3 nitrogen and oxygen atoms in total. The summed E-state index contributed by atoms with van der Waals surface area (Å²) in [5, 5.41) is 1.19. The maximum Gasteiger partial charge on any atom is 0.163 e. The highest BCUT2D eigenvalue weighted by Gasteiger charge is 2.14. The van der Waals surface area contributed by atoms with Crippen molar-refractivity contribution in [2.24, 2.45) is 0 Å². The molecule has 16 heavy (non-hydrogen) atoms. The Hall–Kier alpha value is -1.48. The van der Waals surface area contributed by atoms with E-state index in [1.54, 1.807) is 0 Å². The van der Waals surface area contributed by atoms with Crippen molar-refractivity contribution in [3.05, 3.63) is 28.9 Å². The summed E-state index contributed by atoms with van der Waals surface area (Å²) >= 11 is 5.97. The number of carbonyl (C=O) groups is 1. The van der Waals surface area contributed by atoms with Gasteiger partial charge in [0.1, 0.15) is 10.9 Å². The van der Waals surface area contributed by atoms with E-state index in [4.69, 9.17) is 16.3 Å². The normalized spacial score (nSPS) is 10.7. The number of rotatable bonds is 3. The summed E-state index contributed by atoms with van der Waals surface area (Å²) in [5.41, 5.74) is 1.37. The summed E-state index contributed by atoms with van der Waals surface area (Å²) < 4.78 is 5.39. The van der Waals surface area contributed by atoms with Crippen LogP contribution in [0.5, 0.6) is 5.75 Å². The number of H-pyrrole nitrogens is 1. The van der Waals surface area contributed by atoms with Gasteiger partial charge in [-0.2, -0.15) is 0 Å². The molecular formula is C12H12ClNO2. The van der Waals surface area contributed by atoms with Gasteiger partial charge in [0, 0.05) is 10.9 Å². The Kier molecular flexibility index (Phi) is 2.88. The van der Waals surface area contributed by atoms with Gasteiger partial charge in [-0.05, 0) is 32.0 Å². The van der Waals surface area contributed by atoms with Gasteiger partial charge < -0.3 is 9.72 Å². The second kappa shape index (κ2) is 4.18. The van der Waals surface area contributed by atoms with E-state index in [9.17, 15) is 4.79 Å². The second-order valence-corrected chi connectivity index (χ2v) is 3.89. The Labute approximate surface area is 98.4 Å². The molecule has 1 aromatic carbocycles. The fourth-order valence-corrected chi connectivity index (χ4v) is 2.08. The summed E-state index contributed by atoms with van der Waals surface area (Å²) in [4.78, 5) is 14.4. The minimum atomic E-state index is -0.0510. The number of ether oxygens (including phenoxy) is 1. The van der Waals surface area contributed by atoms with Gasteiger partial charge in [0.2, 0.25) is 0 Å². The first-order valence-corrected chi connectivity index (χ1v) is 5.46. The highest BCUT2D eigenvalue weighted by molar-refractivity contribution is 6.35. The molecule has 1 heterocycles. The summed E-state index contributed by atoms with van der Waals surface area (Å²) in [6.45, 7) is 4.01. The van der Waals surface area contributed by atoms with Crippen LogP contribution < -0.4 is 4.74 Å². The number of aromatic nitrogens is 1. The third-order valence-corrected chi connectivity index (χ3v) is 2.67. The molecule has 0 saturated carbocycles. The van der Waals surface area contributed by atoms with Crippen molar-refractivity contribution in [1.82, 2.24) is 4.98 Å². The lowest BCUT2D eigenvalue weighted by Crippen LogP contribution is -1.93. The summed E-state index contributed by atoms with van der Waals surface area (Å²) in [6, 6.07) is 5.54. The topological polar surface area (TPSA) is 42.1 Å². The summed E-state index contributed by atoms with van der Waals surface area (Å²) in [6.07, 6.45) is 0. The number of hydrogen-bond acceptors (Lipinski definition) is 2. The third-order valence-electron chi connectivity index (χ3n) is 2.39. The minimum absolute atomic E-state index is 0.0510. The van der Waals surface area contributed by atoms with Crippen molar-refractivity contribution in [3.8, 4) is 5.75 Å². The van der Waals surface area contributed by atoms with Crippen LogP contribution in [0.4, 0.5) is 0 Å². The van der Waals surface area contributed by atoms with Gasteiger partial charge in [-0.25, -0.2) is 0 Å². The standard InChI is InChI=1S/C12H12ClNO2/c1-3-16-8-4-5-10-9(6-8)11(7(2)15)12(13)14-10/h4-6,14H,3H2,1-2H3. The number of hydrogen-bond donors (Lipinski definition) is 1. The number of nitrogens with one attached hydrogen (secondary N) is 1. The molecule has 0 aliphatic carbocycles. The van der Waals surface area contributed by atoms with Gasteiger partial charge in [0.25, 0.3) is 0 Å². The Balaban J connectivity index is 2.64. The molecule has 84 valence electrons. The van der Waals surface area contributed by atoms with E-state index in [0.717, 1.165) is 16.7 Å². The van der Waals surface area contributed by atoms with Crippen LogP contribution in [0.15, 0.2) is 18.2 Å². The zero-order valence-corrected chi connectivity index (χ0v) is 9.89. The Morgan fingerprint density at radius 3 is 2.88 bits per heavy atom. The van der Waals surface area contributed by atoms with E-state index < -0.39 is 0 Å². The number of aromatic amines is 1. The molecule has 2 rings (SSSR count). The fraction of sp³-hybridized carbons (Fsp3) is 0.250. The predicted molar refractivity (Wildman–Crippen MR) is 64.5 cm³/mol. The number of carbonyl (C=O) groups excluding carboxylic acids is 1. The maximum absolute atomic E-state index is 11.5. The van der Waals surface area contributed by atoms with Crippen LogP contribution in [0.25, 0.3) is 10.9 Å². The second-order valence-electron chi connectivity index (χ2n) is 3.51. The zero-order valence-electron chi connectivity index (χ0n) is 9.13. The first-order chi connectivity index (χ1) is 7.63. The first-order valence-electron chi connectivity index (χ1n) is 5.08. The third kappa shape index (κ3) is 1.78. The minimum Gasteiger partial charge on any atom is -0.494 e. The van der Waals surface area contributed by atoms with Gasteiger partial charge in [0.15, 0.2) is 5.78 Å². The van der Waals surface area contributed by atoms with Crippen molar-refractivity contribution in [3.63, 3.8) is 0 Å². The van der Waals surface area contributed by atoms with Crippen LogP contribution in [0.3, 0.4) is 0 Å². The molecule has 4 heteroatoms. The van der Waals surface area contributed by atoms with Gasteiger partial charge in [0.05, 0.1) is 12.2 Å². The van der Waals surface area contributed by atoms with Crippen LogP contribution in [0.1, 0.15) is 24.2 Å². The summed E-state index contributed by atoms with van der Waals surface area (Å²) in [5.74, 6) is 0.693. The molecule has 0 amide bonds. The molecule has 1 aromatic heterocycles. The van der Waals surface area contributed by atoms with Crippen LogP contribution in [0.2, 0.25) is 5.15 Å². The molecular weight excluding hydrogens is 226 g/mol. The molecule has 0 spiro atoms. The van der Waals surface area contributed by atoms with Crippen LogP contribution in [0, 0.1) is 0 Å². The molecule has 0 saturated heterocycles. The van der Waals surface area contributed by atoms with Crippen molar-refractivity contribution < 1.29 is 9.53 Å². The fourth-order valence-electron chi connectivity index (χ4n) is 1.74. The number of ketones is 1. The van der Waals surface area contributed by atoms with E-state index in [1.807, 2.05) is 25.1 Å². The van der Waals surface area contributed by atoms with Gasteiger partial charge in [-0.3, -0.25) is 4.79 Å². The molecule has 0 aliphatic heterocycles. The average Bonchev–Trinajstić information content (AvgIpc) is 2.53. The lowest BCUT2D eigenvalue weighted by atomic mass is 10.1. The van der Waals surface area contributed by atoms with Crippen LogP contribution >= 0.6 is 11.6 Å². The van der Waals surface area contributed by atoms with Crippen molar-refractivity contribution >= 4 is 28.3 Å². The molecule has 0 fully saturated rings. The molecule has 0 bridgehead atoms. The molecule has 1 N–H and O–H groups in total. The molecule has 0 unspecified atom stereocenters. The van der Waals surface area contributed by atoms with E-state index in [2.05, 4.69) is 4.98 Å². The molecule has 0 aliphatic rings. The maximum atomic E-state index is 11.5. The largest absolute Gasteiger partial charge is 0.494 e. The van der Waals surface area contributed by atoms with E-state index in [0.29, 0.717) is 17.3 Å². The number of halogens is 1. The SMILES string of the molecule is CCOc1ccc2[nH]c(Cl)c(C(C)=O)c2c1. The lowest BCUT2D eigenvalue weighted by molar-refractivity contribution is 0.101. The quantitative estimate of drug-likeness (QED) is 0.831. The van der Waals surface area contributed by atoms with E-state index in [1.165, 1.54) is 6.92 Å². The van der Waals surface area contributed by atoms with Crippen molar-refractivity contribution in [1.29, 1.82) is 0 Å². The van der Waals surface area contributed by atoms with Gasteiger partial charge >= 0.3 is 0 Å². The summed E-state index contributed by atoms with van der Waals surface area (Å²) in [7, 11) is 0. The average molecular weight is 238 g/mol. The Bertz CT molecular complexity index is 545. The zero-order chi connectivity index (χ0) is 11.7. The Morgan fingerprint density at radius 1 is 1.50 bits per heavy atom. The lowest BCUT2D eigenvalue weighted by Gasteiger charge is -2.02. The number of benzene rings is 1. The number of Topliss-reactive ketones (excluding diaryl/α,β-unsaturated/α-hetero) is 1. The predicted octanol–water partition coefficient (Wildman–Crippen LogP) is 3.42. The van der Waals surface area contributed by atoms with E-state index in [-0.39, 0.29) is 5.78 Å². The highest BCUT2D eigenvalue weighted by atomic mass is 35.5. The van der Waals surface area contributed by atoms with Crippen LogP contribution in [-0.4, -0.2) is 17.4 Å². The molecule has 0 radical (unpaired) electrons. The monoisotopic (exact) mass is 237 g/mol.